The van der Waals surface area contributed by atoms with Crippen LogP contribution in [0.25, 0.3) is 0 Å². The molecule has 4 atom stereocenters. The Morgan fingerprint density at radius 3 is 0.825 bits per heavy atom. The Balaban J connectivity index is 2.89. The molecule has 0 saturated heterocycles. The van der Waals surface area contributed by atoms with E-state index in [-0.39, 0.29) is 81.6 Å². The van der Waals surface area contributed by atoms with Crippen LogP contribution >= 0.6 is 0 Å². The van der Waals surface area contributed by atoms with Crippen molar-refractivity contribution < 1.29 is 76.4 Å². The van der Waals surface area contributed by atoms with E-state index in [1.807, 2.05) is 0 Å². The first-order chi connectivity index (χ1) is 38.2. The minimum atomic E-state index is -1.03. The predicted octanol–water partition coefficient (Wildman–Crippen LogP) is 13.2. The van der Waals surface area contributed by atoms with Gasteiger partial charge in [0.05, 0.1) is 10.8 Å². The van der Waals surface area contributed by atoms with Crippen molar-refractivity contribution in [1.82, 2.24) is 0 Å². The Morgan fingerprint density at radius 1 is 0.312 bits per heavy atom. The van der Waals surface area contributed by atoms with Gasteiger partial charge in [0.2, 0.25) is 0 Å². The fourth-order valence-corrected chi connectivity index (χ4v) is 10.4. The highest BCUT2D eigenvalue weighted by molar-refractivity contribution is 5.95. The summed E-state index contributed by atoms with van der Waals surface area (Å²) in [5, 5.41) is 0. The van der Waals surface area contributed by atoms with Gasteiger partial charge in [-0.1, -0.05) is 155 Å². The Kier molecular flexibility index (Phi) is 40.2. The first kappa shape index (κ1) is 73.3. The summed E-state index contributed by atoms with van der Waals surface area (Å²) in [4.78, 5) is 121. The maximum atomic E-state index is 13.0. The summed E-state index contributed by atoms with van der Waals surface area (Å²) >= 11 is 0. The second-order valence-electron chi connectivity index (χ2n) is 23.2. The zero-order valence-electron chi connectivity index (χ0n) is 50.9. The van der Waals surface area contributed by atoms with E-state index in [0.29, 0.717) is 49.4 Å². The smallest absolute Gasteiger partial charge is 0.313 e. The van der Waals surface area contributed by atoms with Crippen molar-refractivity contribution in [2.75, 3.05) is 39.6 Å². The van der Waals surface area contributed by atoms with E-state index in [1.165, 1.54) is 111 Å². The van der Waals surface area contributed by atoms with Crippen LogP contribution in [0.15, 0.2) is 12.2 Å². The summed E-state index contributed by atoms with van der Waals surface area (Å²) in [7, 11) is 0. The minimum Gasteiger partial charge on any atom is -0.465 e. The molecule has 0 aromatic heterocycles. The lowest BCUT2D eigenvalue weighted by molar-refractivity contribution is -0.165. The van der Waals surface area contributed by atoms with Crippen molar-refractivity contribution in [3.8, 4) is 0 Å². The molecule has 0 aromatic rings. The van der Waals surface area contributed by atoms with Crippen LogP contribution in [0.1, 0.15) is 261 Å². The molecular weight excluding hydrogens is 1020 g/mol. The Labute approximate surface area is 480 Å². The molecule has 0 amide bonds. The maximum Gasteiger partial charge on any atom is 0.313 e. The molecule has 1 aliphatic carbocycles. The number of hydrogen-bond acceptors (Lipinski definition) is 16. The van der Waals surface area contributed by atoms with Gasteiger partial charge in [0.25, 0.3) is 0 Å². The molecule has 16 heteroatoms. The number of rotatable bonds is 50. The molecule has 458 valence electrons. The molecule has 0 bridgehead atoms. The summed E-state index contributed by atoms with van der Waals surface area (Å²) in [6.07, 6.45) is 31.7. The number of unbranched alkanes of at least 4 members (excludes halogenated alkanes) is 16. The van der Waals surface area contributed by atoms with Gasteiger partial charge in [0.1, 0.15) is 88.5 Å². The van der Waals surface area contributed by atoms with Gasteiger partial charge in [-0.05, 0) is 103 Å². The fraction of sp³-hybridized carbons (Fsp3) is 0.812. The van der Waals surface area contributed by atoms with E-state index < -0.39 is 66.4 Å². The van der Waals surface area contributed by atoms with Crippen LogP contribution in [0.5, 0.6) is 0 Å². The largest absolute Gasteiger partial charge is 0.465 e. The van der Waals surface area contributed by atoms with Gasteiger partial charge in [-0.3, -0.25) is 47.9 Å². The predicted molar refractivity (Wildman–Crippen MR) is 307 cm³/mol. The molecule has 0 spiro atoms. The normalized spacial score (nSPS) is 16.1. The number of carbonyl (C=O) groups excluding carboxylic acids is 10. The second kappa shape index (κ2) is 43.9. The van der Waals surface area contributed by atoms with Gasteiger partial charge >= 0.3 is 35.8 Å². The number of ether oxygens (including phenoxy) is 6. The van der Waals surface area contributed by atoms with Crippen LogP contribution in [0, 0.1) is 34.5 Å². The zero-order valence-corrected chi connectivity index (χ0v) is 50.9. The molecule has 0 saturated carbocycles. The Morgan fingerprint density at radius 2 is 0.550 bits per heavy atom. The third-order valence-corrected chi connectivity index (χ3v) is 15.7. The summed E-state index contributed by atoms with van der Waals surface area (Å²) in [5.41, 5.74) is -2.06. The lowest BCUT2D eigenvalue weighted by atomic mass is 9.64. The number of ketones is 4. The van der Waals surface area contributed by atoms with Gasteiger partial charge in [-0.2, -0.15) is 0 Å². The van der Waals surface area contributed by atoms with Crippen molar-refractivity contribution >= 4 is 58.9 Å². The average Bonchev–Trinajstić information content (AvgIpc) is 3.40. The van der Waals surface area contributed by atoms with E-state index in [1.54, 1.807) is 13.8 Å². The standard InChI is InChI=1S/C64H106O16/c1-9-13-15-17-21-27-33-56-54(32-26-20-18-23-29-35-57(69)75-43-63(11-3,45-77-59(71)39-49(5)65)46-78-60(72)40-50(6)66)38-37-53(31-25-16-14-10-2)55(56)34-28-22-19-24-30-36-58(70)76-44-64(12-4,47-79-61(73)41-51(7)67)48-80-62(74)42-52(8)68/h37-38,53-56H,9-36,39-48H2,1-8H3. The monoisotopic (exact) mass is 1130 g/mol. The molecule has 1 rings (SSSR count). The summed E-state index contributed by atoms with van der Waals surface area (Å²) in [5.74, 6) is -2.65. The SMILES string of the molecule is CCCCCCCCC1C(CCCCCCCC(=O)OCC(CC)(COC(=O)CC(C)=O)COC(=O)CC(C)=O)C=CC(CCCCCC)C1CCCCCCCC(=O)OCC(CC)(COC(=O)CC(C)=O)COC(=O)CC(C)=O. The number of esters is 6. The van der Waals surface area contributed by atoms with Gasteiger partial charge in [0.15, 0.2) is 0 Å². The molecule has 1 aliphatic rings. The molecule has 0 N–H and O–H groups in total. The van der Waals surface area contributed by atoms with Crippen molar-refractivity contribution in [3.63, 3.8) is 0 Å². The summed E-state index contributed by atoms with van der Waals surface area (Å²) in [6, 6.07) is 0. The van der Waals surface area contributed by atoms with Crippen LogP contribution in [0.4, 0.5) is 0 Å². The summed E-state index contributed by atoms with van der Waals surface area (Å²) < 4.78 is 32.7. The first-order valence-corrected chi connectivity index (χ1v) is 30.8. The Bertz CT molecular complexity index is 1820. The molecule has 0 aliphatic heterocycles. The molecule has 16 nitrogen and oxygen atoms in total. The van der Waals surface area contributed by atoms with Crippen LogP contribution in [0.2, 0.25) is 0 Å². The first-order valence-electron chi connectivity index (χ1n) is 30.8. The number of Topliss-reactive ketones (excluding diaryl/α,β-unsaturated/α-hetero) is 4. The van der Waals surface area contributed by atoms with Crippen LogP contribution in [-0.4, -0.2) is 98.6 Å². The van der Waals surface area contributed by atoms with Crippen molar-refractivity contribution in [2.45, 2.75) is 261 Å². The molecule has 0 heterocycles. The van der Waals surface area contributed by atoms with Crippen LogP contribution < -0.4 is 0 Å². The lowest BCUT2D eigenvalue weighted by Gasteiger charge is -2.41. The highest BCUT2D eigenvalue weighted by atomic mass is 16.6. The zero-order chi connectivity index (χ0) is 59.6. The van der Waals surface area contributed by atoms with E-state index in [9.17, 15) is 47.9 Å². The maximum absolute atomic E-state index is 13.0. The number of hydrogen-bond donors (Lipinski definition) is 0. The third-order valence-electron chi connectivity index (χ3n) is 15.7. The van der Waals surface area contributed by atoms with Gasteiger partial charge in [-0.25, -0.2) is 0 Å². The second-order valence-corrected chi connectivity index (χ2v) is 23.2. The van der Waals surface area contributed by atoms with Crippen molar-refractivity contribution in [1.29, 1.82) is 0 Å². The summed E-state index contributed by atoms with van der Waals surface area (Å²) in [6.45, 7) is 12.1. The number of allylic oxidation sites excluding steroid dienone is 2. The quantitative estimate of drug-likeness (QED) is 0.0181. The molecule has 0 fully saturated rings. The van der Waals surface area contributed by atoms with E-state index in [0.717, 1.165) is 57.8 Å². The van der Waals surface area contributed by atoms with E-state index >= 15 is 0 Å². The molecule has 0 radical (unpaired) electrons. The molecule has 0 aromatic carbocycles. The third kappa shape index (κ3) is 35.2. The van der Waals surface area contributed by atoms with E-state index in [2.05, 4.69) is 26.0 Å². The number of carbonyl (C=O) groups is 10. The van der Waals surface area contributed by atoms with Gasteiger partial charge in [-0.15, -0.1) is 0 Å². The minimum absolute atomic E-state index is 0.148. The van der Waals surface area contributed by atoms with E-state index in [4.69, 9.17) is 28.4 Å². The topological polar surface area (TPSA) is 226 Å². The Hall–Kier alpha value is -4.76. The fourth-order valence-electron chi connectivity index (χ4n) is 10.4. The lowest BCUT2D eigenvalue weighted by Crippen LogP contribution is -2.39. The van der Waals surface area contributed by atoms with Gasteiger partial charge in [0, 0.05) is 12.8 Å². The van der Waals surface area contributed by atoms with Crippen LogP contribution in [-0.2, 0) is 76.4 Å². The van der Waals surface area contributed by atoms with Crippen molar-refractivity contribution in [3.05, 3.63) is 12.2 Å². The molecule has 80 heavy (non-hydrogen) atoms. The highest BCUT2D eigenvalue weighted by Gasteiger charge is 2.37. The molecule has 4 unspecified atom stereocenters. The van der Waals surface area contributed by atoms with Gasteiger partial charge < -0.3 is 28.4 Å². The average molecular weight is 1130 g/mol. The van der Waals surface area contributed by atoms with Crippen LogP contribution in [0.3, 0.4) is 0 Å². The van der Waals surface area contributed by atoms with Crippen molar-refractivity contribution in [2.24, 2.45) is 34.5 Å². The highest BCUT2D eigenvalue weighted by Crippen LogP contribution is 2.44. The molecular formula is C64H106O16.